The van der Waals surface area contributed by atoms with E-state index in [1.165, 1.54) is 4.70 Å². The van der Waals surface area contributed by atoms with E-state index in [1.54, 1.807) is 23.1 Å². The summed E-state index contributed by atoms with van der Waals surface area (Å²) >= 11 is 3.44. The molecule has 0 spiro atoms. The van der Waals surface area contributed by atoms with Gasteiger partial charge in [0.15, 0.2) is 10.6 Å². The summed E-state index contributed by atoms with van der Waals surface area (Å²) in [5.74, 6) is 0.785. The fourth-order valence-electron chi connectivity index (χ4n) is 3.81. The molecule has 2 heterocycles. The number of hydrogen-bond donors (Lipinski definition) is 2. The molecule has 1 aliphatic rings. The average Bonchev–Trinajstić information content (AvgIpc) is 3.26. The van der Waals surface area contributed by atoms with Crippen LogP contribution in [0.1, 0.15) is 35.5 Å². The number of nitrogen functional groups attached to an aromatic ring is 1. The summed E-state index contributed by atoms with van der Waals surface area (Å²) < 4.78 is 15.0. The number of nitrogens with two attached hydrogens (primary N) is 1. The maximum absolute atomic E-state index is 9.36. The van der Waals surface area contributed by atoms with Gasteiger partial charge in [-0.05, 0) is 35.4 Å². The van der Waals surface area contributed by atoms with Crippen molar-refractivity contribution in [3.8, 4) is 0 Å². The van der Waals surface area contributed by atoms with E-state index in [1.807, 2.05) is 66.7 Å². The monoisotopic (exact) mass is 464 g/mol. The van der Waals surface area contributed by atoms with Gasteiger partial charge in [0, 0.05) is 23.4 Å². The number of benzene rings is 3. The molecule has 32 heavy (non-hydrogen) atoms. The number of nitrogens with zero attached hydrogens (tertiary/aromatic N) is 1. The lowest BCUT2D eigenvalue weighted by atomic mass is 10.0. The second-order valence-corrected chi connectivity index (χ2v) is 10.1. The lowest BCUT2D eigenvalue weighted by molar-refractivity contribution is -0.245. The van der Waals surface area contributed by atoms with Crippen LogP contribution < -0.4 is 5.73 Å². The minimum atomic E-state index is -0.490. The molecule has 0 amide bonds. The van der Waals surface area contributed by atoms with Crippen molar-refractivity contribution in [1.82, 2.24) is 4.98 Å². The van der Waals surface area contributed by atoms with Gasteiger partial charge in [0.1, 0.15) is 0 Å². The first kappa shape index (κ1) is 21.4. The topological polar surface area (TPSA) is 77.6 Å². The predicted octanol–water partition coefficient (Wildman–Crippen LogP) is 5.71. The Morgan fingerprint density at radius 2 is 1.84 bits per heavy atom. The Labute approximate surface area is 195 Å². The molecule has 0 aliphatic carbocycles. The van der Waals surface area contributed by atoms with Crippen LogP contribution in [0.15, 0.2) is 77.1 Å². The van der Waals surface area contributed by atoms with Crippen LogP contribution in [0, 0.1) is 0 Å². The molecule has 1 fully saturated rings. The molecule has 1 aliphatic heterocycles. The van der Waals surface area contributed by atoms with E-state index in [2.05, 4.69) is 6.07 Å². The number of aromatic nitrogens is 1. The van der Waals surface area contributed by atoms with Crippen LogP contribution in [-0.2, 0) is 16.1 Å². The van der Waals surface area contributed by atoms with Crippen molar-refractivity contribution in [3.05, 3.63) is 89.5 Å². The third kappa shape index (κ3) is 4.82. The van der Waals surface area contributed by atoms with Gasteiger partial charge in [-0.1, -0.05) is 60.3 Å². The number of rotatable bonds is 6. The Hall–Kier alpha value is -2.42. The van der Waals surface area contributed by atoms with Gasteiger partial charge in [-0.3, -0.25) is 0 Å². The predicted molar refractivity (Wildman–Crippen MR) is 130 cm³/mol. The number of hydrogen-bond acceptors (Lipinski definition) is 7. The number of ether oxygens (including phenoxy) is 2. The zero-order valence-corrected chi connectivity index (χ0v) is 19.0. The molecule has 5 rings (SSSR count). The summed E-state index contributed by atoms with van der Waals surface area (Å²) in [5, 5.41) is 9.36. The van der Waals surface area contributed by atoms with Crippen LogP contribution in [-0.4, -0.2) is 21.9 Å². The Morgan fingerprint density at radius 3 is 2.62 bits per heavy atom. The first-order valence-corrected chi connectivity index (χ1v) is 12.3. The summed E-state index contributed by atoms with van der Waals surface area (Å²) in [6.07, 6.45) is 0.143. The molecule has 0 unspecified atom stereocenters. The SMILES string of the molecule is Nc1cccc([C@H]2O[C@@H](CSc3nc4ccccc4s3)C[C@@H](c3ccc(CO)cc3)O2)c1. The number of thiazole rings is 1. The van der Waals surface area contributed by atoms with Gasteiger partial charge >= 0.3 is 0 Å². The number of para-hydroxylation sites is 1. The number of aliphatic hydroxyl groups excluding tert-OH is 1. The zero-order valence-electron chi connectivity index (χ0n) is 17.4. The third-order valence-corrected chi connectivity index (χ3v) is 7.78. The van der Waals surface area contributed by atoms with E-state index in [0.29, 0.717) is 5.69 Å². The van der Waals surface area contributed by atoms with Gasteiger partial charge in [-0.25, -0.2) is 4.98 Å². The smallest absolute Gasteiger partial charge is 0.184 e. The molecule has 3 aromatic carbocycles. The summed E-state index contributed by atoms with van der Waals surface area (Å²) in [5.41, 5.74) is 10.6. The van der Waals surface area contributed by atoms with Crippen LogP contribution in [0.5, 0.6) is 0 Å². The molecule has 0 radical (unpaired) electrons. The van der Waals surface area contributed by atoms with Crippen molar-refractivity contribution in [2.75, 3.05) is 11.5 Å². The first-order chi connectivity index (χ1) is 15.7. The summed E-state index contributed by atoms with van der Waals surface area (Å²) in [6, 6.07) is 23.8. The number of aliphatic hydroxyl groups is 1. The van der Waals surface area contributed by atoms with Crippen LogP contribution in [0.4, 0.5) is 5.69 Å². The Kier molecular flexibility index (Phi) is 6.43. The van der Waals surface area contributed by atoms with Crippen LogP contribution in [0.2, 0.25) is 0 Å². The highest BCUT2D eigenvalue weighted by Gasteiger charge is 2.32. The Bertz CT molecular complexity index is 1160. The molecular weight excluding hydrogens is 440 g/mol. The highest BCUT2D eigenvalue weighted by Crippen LogP contribution is 2.40. The molecule has 1 aromatic heterocycles. The molecule has 5 nitrogen and oxygen atoms in total. The van der Waals surface area contributed by atoms with Crippen molar-refractivity contribution >= 4 is 39.0 Å². The molecule has 3 atom stereocenters. The molecule has 1 saturated heterocycles. The number of fused-ring (bicyclic) bond motifs is 1. The van der Waals surface area contributed by atoms with Gasteiger partial charge in [0.25, 0.3) is 0 Å². The van der Waals surface area contributed by atoms with Crippen molar-refractivity contribution in [2.24, 2.45) is 0 Å². The van der Waals surface area contributed by atoms with Crippen molar-refractivity contribution < 1.29 is 14.6 Å². The standard InChI is InChI=1S/C25H24N2O3S2/c26-19-5-3-4-18(12-19)24-29-20(13-22(30-24)17-10-8-16(14-28)9-11-17)15-31-25-27-21-6-1-2-7-23(21)32-25/h1-12,20,22,24,28H,13-15,26H2/t20-,22+,24+/m1/s1. The summed E-state index contributed by atoms with van der Waals surface area (Å²) in [7, 11) is 0. The Morgan fingerprint density at radius 1 is 1.00 bits per heavy atom. The minimum Gasteiger partial charge on any atom is -0.399 e. The van der Waals surface area contributed by atoms with Crippen molar-refractivity contribution in [2.45, 2.75) is 35.9 Å². The van der Waals surface area contributed by atoms with Gasteiger partial charge < -0.3 is 20.3 Å². The van der Waals surface area contributed by atoms with Crippen molar-refractivity contribution in [3.63, 3.8) is 0 Å². The quantitative estimate of drug-likeness (QED) is 0.281. The van der Waals surface area contributed by atoms with Gasteiger partial charge in [0.05, 0.1) is 29.0 Å². The molecule has 3 N–H and O–H groups in total. The van der Waals surface area contributed by atoms with Gasteiger partial charge in [0.2, 0.25) is 0 Å². The van der Waals surface area contributed by atoms with Gasteiger partial charge in [-0.2, -0.15) is 0 Å². The second kappa shape index (κ2) is 9.60. The van der Waals surface area contributed by atoms with E-state index in [0.717, 1.165) is 38.7 Å². The van der Waals surface area contributed by atoms with E-state index in [9.17, 15) is 5.11 Å². The maximum Gasteiger partial charge on any atom is 0.184 e. The van der Waals surface area contributed by atoms with E-state index in [-0.39, 0.29) is 18.8 Å². The zero-order chi connectivity index (χ0) is 21.9. The summed E-state index contributed by atoms with van der Waals surface area (Å²) in [6.45, 7) is 0.0300. The van der Waals surface area contributed by atoms with Crippen LogP contribution in [0.25, 0.3) is 10.2 Å². The molecule has 7 heteroatoms. The molecule has 0 saturated carbocycles. The number of anilines is 1. The molecule has 0 bridgehead atoms. The van der Waals surface area contributed by atoms with E-state index in [4.69, 9.17) is 20.2 Å². The Balaban J connectivity index is 1.36. The maximum atomic E-state index is 9.36. The second-order valence-electron chi connectivity index (χ2n) is 7.78. The van der Waals surface area contributed by atoms with Crippen LogP contribution in [0.3, 0.4) is 0 Å². The normalized spacial score (nSPS) is 21.1. The molecule has 164 valence electrons. The van der Waals surface area contributed by atoms with Crippen molar-refractivity contribution in [1.29, 1.82) is 0 Å². The summed E-state index contributed by atoms with van der Waals surface area (Å²) in [4.78, 5) is 4.74. The lowest BCUT2D eigenvalue weighted by Gasteiger charge is -2.36. The minimum absolute atomic E-state index is 0.00490. The third-order valence-electron chi connectivity index (χ3n) is 5.46. The van der Waals surface area contributed by atoms with Crippen LogP contribution >= 0.6 is 23.1 Å². The molecular formula is C25H24N2O3S2. The van der Waals surface area contributed by atoms with Gasteiger partial charge in [-0.15, -0.1) is 11.3 Å². The fraction of sp³-hybridized carbons (Fsp3) is 0.240. The highest BCUT2D eigenvalue weighted by molar-refractivity contribution is 8.01. The highest BCUT2D eigenvalue weighted by atomic mass is 32.2. The van der Waals surface area contributed by atoms with E-state index < -0.39 is 6.29 Å². The van der Waals surface area contributed by atoms with E-state index >= 15 is 0 Å². The lowest BCUT2D eigenvalue weighted by Crippen LogP contribution is -2.31. The largest absolute Gasteiger partial charge is 0.399 e. The number of thioether (sulfide) groups is 1. The fourth-order valence-corrected chi connectivity index (χ4v) is 5.92. The molecule has 4 aromatic rings. The average molecular weight is 465 g/mol. The first-order valence-electron chi connectivity index (χ1n) is 10.5.